The molecule has 0 spiro atoms. The van der Waals surface area contributed by atoms with Crippen LogP contribution in [0.3, 0.4) is 0 Å². The first-order chi connectivity index (χ1) is 11.5. The van der Waals surface area contributed by atoms with Crippen molar-refractivity contribution in [2.75, 3.05) is 52.3 Å². The molecule has 2 saturated heterocycles. The molecule has 2 amide bonds. The smallest absolute Gasteiger partial charge is 0.251 e. The summed E-state index contributed by atoms with van der Waals surface area (Å²) in [5.41, 5.74) is 0.477. The first-order valence-corrected chi connectivity index (χ1v) is 8.06. The number of rotatable bonds is 4. The van der Waals surface area contributed by atoms with Gasteiger partial charge < -0.3 is 14.4 Å². The van der Waals surface area contributed by atoms with Crippen molar-refractivity contribution in [2.45, 2.75) is 12.5 Å². The van der Waals surface area contributed by atoms with E-state index in [-0.39, 0.29) is 24.3 Å². The van der Waals surface area contributed by atoms with Crippen LogP contribution in [0.5, 0.6) is 11.5 Å². The summed E-state index contributed by atoms with van der Waals surface area (Å²) in [4.78, 5) is 31.0. The summed E-state index contributed by atoms with van der Waals surface area (Å²) in [6, 6.07) is 4.72. The number of amides is 2. The van der Waals surface area contributed by atoms with Crippen LogP contribution in [0.15, 0.2) is 18.2 Å². The Morgan fingerprint density at radius 3 is 2.38 bits per heavy atom. The van der Waals surface area contributed by atoms with E-state index in [4.69, 9.17) is 9.47 Å². The number of hydrogen-bond donors (Lipinski definition) is 0. The van der Waals surface area contributed by atoms with E-state index in [2.05, 4.69) is 16.8 Å². The van der Waals surface area contributed by atoms with Crippen LogP contribution in [-0.2, 0) is 9.59 Å². The lowest BCUT2D eigenvalue weighted by molar-refractivity contribution is -0.123. The number of carbonyl (C=O) groups is 2. The number of hydrogen-bond acceptors (Lipinski definition) is 6. The molecule has 24 heavy (non-hydrogen) atoms. The third-order valence-electron chi connectivity index (χ3n) is 4.73. The summed E-state index contributed by atoms with van der Waals surface area (Å²) in [5, 5.41) is 0. The van der Waals surface area contributed by atoms with Crippen LogP contribution in [0.4, 0.5) is 5.69 Å². The molecule has 7 nitrogen and oxygen atoms in total. The Morgan fingerprint density at radius 2 is 1.75 bits per heavy atom. The summed E-state index contributed by atoms with van der Waals surface area (Å²) >= 11 is 0. The monoisotopic (exact) mass is 333 g/mol. The largest absolute Gasteiger partial charge is 0.497 e. The molecule has 0 aromatic heterocycles. The van der Waals surface area contributed by atoms with Gasteiger partial charge in [-0.2, -0.15) is 0 Å². The van der Waals surface area contributed by atoms with E-state index in [1.165, 1.54) is 12.0 Å². The molecule has 1 unspecified atom stereocenters. The van der Waals surface area contributed by atoms with E-state index in [0.717, 1.165) is 26.2 Å². The van der Waals surface area contributed by atoms with Crippen molar-refractivity contribution < 1.29 is 19.1 Å². The zero-order valence-corrected chi connectivity index (χ0v) is 14.3. The molecule has 7 heteroatoms. The summed E-state index contributed by atoms with van der Waals surface area (Å²) in [6.07, 6.45) is 0.220. The molecule has 2 aliphatic rings. The Kier molecular flexibility index (Phi) is 4.73. The van der Waals surface area contributed by atoms with Gasteiger partial charge in [0, 0.05) is 32.2 Å². The average Bonchev–Trinajstić information content (AvgIpc) is 2.89. The maximum absolute atomic E-state index is 12.9. The van der Waals surface area contributed by atoms with Gasteiger partial charge in [-0.05, 0) is 19.2 Å². The molecule has 3 rings (SSSR count). The number of nitrogens with zero attached hydrogens (tertiary/aromatic N) is 3. The summed E-state index contributed by atoms with van der Waals surface area (Å²) in [7, 11) is 5.14. The summed E-state index contributed by atoms with van der Waals surface area (Å²) in [6.45, 7) is 3.41. The van der Waals surface area contributed by atoms with Crippen LogP contribution in [0, 0.1) is 0 Å². The standard InChI is InChI=1S/C17H23N3O4/c1-18-6-8-19(9-7-18)14-11-16(21)20(17(14)22)13-5-4-12(23-2)10-15(13)24-3/h4-5,10,14H,6-9,11H2,1-3H3. The first-order valence-electron chi connectivity index (χ1n) is 8.06. The second-order valence-electron chi connectivity index (χ2n) is 6.16. The lowest BCUT2D eigenvalue weighted by Gasteiger charge is -2.35. The molecule has 0 saturated carbocycles. The maximum Gasteiger partial charge on any atom is 0.251 e. The van der Waals surface area contributed by atoms with E-state index in [0.29, 0.717) is 17.2 Å². The van der Waals surface area contributed by atoms with Crippen molar-refractivity contribution in [1.29, 1.82) is 0 Å². The predicted molar refractivity (Wildman–Crippen MR) is 89.5 cm³/mol. The van der Waals surface area contributed by atoms with E-state index in [9.17, 15) is 9.59 Å². The van der Waals surface area contributed by atoms with Crippen molar-refractivity contribution >= 4 is 17.5 Å². The van der Waals surface area contributed by atoms with Crippen LogP contribution < -0.4 is 14.4 Å². The number of anilines is 1. The molecule has 0 bridgehead atoms. The molecular formula is C17H23N3O4. The number of imide groups is 1. The minimum absolute atomic E-state index is 0.173. The van der Waals surface area contributed by atoms with E-state index < -0.39 is 0 Å². The quantitative estimate of drug-likeness (QED) is 0.752. The fourth-order valence-electron chi connectivity index (χ4n) is 3.26. The minimum Gasteiger partial charge on any atom is -0.497 e. The van der Waals surface area contributed by atoms with Gasteiger partial charge in [-0.1, -0.05) is 0 Å². The SMILES string of the molecule is COc1ccc(N2C(=O)CC(N3CCN(C)CC3)C2=O)c(OC)c1. The third-order valence-corrected chi connectivity index (χ3v) is 4.73. The van der Waals surface area contributed by atoms with Gasteiger partial charge in [-0.15, -0.1) is 0 Å². The second kappa shape index (κ2) is 6.78. The predicted octanol–water partition coefficient (Wildman–Crippen LogP) is 0.583. The van der Waals surface area contributed by atoms with Crippen LogP contribution in [0.2, 0.25) is 0 Å². The van der Waals surface area contributed by atoms with Crippen LogP contribution in [0.1, 0.15) is 6.42 Å². The molecule has 2 aliphatic heterocycles. The average molecular weight is 333 g/mol. The van der Waals surface area contributed by atoms with E-state index >= 15 is 0 Å². The van der Waals surface area contributed by atoms with Gasteiger partial charge in [-0.25, -0.2) is 4.90 Å². The second-order valence-corrected chi connectivity index (χ2v) is 6.16. The van der Waals surface area contributed by atoms with Crippen LogP contribution >= 0.6 is 0 Å². The Labute approximate surface area is 141 Å². The number of benzene rings is 1. The van der Waals surface area contributed by atoms with Gasteiger partial charge in [0.05, 0.1) is 32.4 Å². The highest BCUT2D eigenvalue weighted by molar-refractivity contribution is 6.23. The molecule has 1 atom stereocenters. The number of piperazine rings is 1. The van der Waals surface area contributed by atoms with Crippen LogP contribution in [-0.4, -0.2) is 75.1 Å². The molecule has 2 fully saturated rings. The number of carbonyl (C=O) groups excluding carboxylic acids is 2. The molecule has 1 aromatic rings. The zero-order valence-electron chi connectivity index (χ0n) is 14.3. The van der Waals surface area contributed by atoms with Gasteiger partial charge in [0.15, 0.2) is 0 Å². The molecule has 0 aliphatic carbocycles. The molecule has 0 radical (unpaired) electrons. The van der Waals surface area contributed by atoms with E-state index in [1.54, 1.807) is 25.3 Å². The Balaban J connectivity index is 1.84. The summed E-state index contributed by atoms with van der Waals surface area (Å²) < 4.78 is 10.5. The zero-order chi connectivity index (χ0) is 17.3. The normalized spacial score (nSPS) is 23.0. The lowest BCUT2D eigenvalue weighted by Crippen LogP contribution is -2.51. The van der Waals surface area contributed by atoms with Crippen molar-refractivity contribution in [3.8, 4) is 11.5 Å². The minimum atomic E-state index is -0.377. The first kappa shape index (κ1) is 16.7. The van der Waals surface area contributed by atoms with Crippen molar-refractivity contribution in [3.63, 3.8) is 0 Å². The van der Waals surface area contributed by atoms with Gasteiger partial charge in [-0.3, -0.25) is 14.5 Å². The van der Waals surface area contributed by atoms with Crippen molar-refractivity contribution in [3.05, 3.63) is 18.2 Å². The maximum atomic E-state index is 12.9. The van der Waals surface area contributed by atoms with Crippen molar-refractivity contribution in [2.24, 2.45) is 0 Å². The molecule has 1 aromatic carbocycles. The fourth-order valence-corrected chi connectivity index (χ4v) is 3.26. The highest BCUT2D eigenvalue weighted by Gasteiger charge is 2.44. The van der Waals surface area contributed by atoms with Crippen LogP contribution in [0.25, 0.3) is 0 Å². The highest BCUT2D eigenvalue weighted by atomic mass is 16.5. The number of methoxy groups -OCH3 is 2. The number of likely N-dealkylation sites (N-methyl/N-ethyl adjacent to an activating group) is 1. The van der Waals surface area contributed by atoms with Crippen molar-refractivity contribution in [1.82, 2.24) is 9.80 Å². The van der Waals surface area contributed by atoms with Gasteiger partial charge in [0.2, 0.25) is 5.91 Å². The van der Waals surface area contributed by atoms with E-state index in [1.807, 2.05) is 0 Å². The lowest BCUT2D eigenvalue weighted by atomic mass is 10.2. The Hall–Kier alpha value is -2.12. The van der Waals surface area contributed by atoms with Gasteiger partial charge >= 0.3 is 0 Å². The van der Waals surface area contributed by atoms with Gasteiger partial charge in [0.25, 0.3) is 5.91 Å². The number of ether oxygens (including phenoxy) is 2. The Bertz CT molecular complexity index is 641. The molecular weight excluding hydrogens is 310 g/mol. The third kappa shape index (κ3) is 2.97. The molecule has 2 heterocycles. The van der Waals surface area contributed by atoms with Gasteiger partial charge in [0.1, 0.15) is 11.5 Å². The molecule has 0 N–H and O–H groups in total. The Morgan fingerprint density at radius 1 is 1.04 bits per heavy atom. The topological polar surface area (TPSA) is 62.3 Å². The fraction of sp³-hybridized carbons (Fsp3) is 0.529. The summed E-state index contributed by atoms with van der Waals surface area (Å²) in [5.74, 6) is 0.709. The molecule has 130 valence electrons. The highest BCUT2D eigenvalue weighted by Crippen LogP contribution is 2.36.